The first kappa shape index (κ1) is 12.9. The van der Waals surface area contributed by atoms with Gasteiger partial charge in [0.1, 0.15) is 11.9 Å². The minimum Gasteiger partial charge on any atom is -0.481 e. The largest absolute Gasteiger partial charge is 0.481 e. The second-order valence-electron chi connectivity index (χ2n) is 3.25. The Labute approximate surface area is 100.0 Å². The quantitative estimate of drug-likeness (QED) is 0.749. The lowest BCUT2D eigenvalue weighted by Crippen LogP contribution is -2.34. The van der Waals surface area contributed by atoms with Crippen molar-refractivity contribution in [3.05, 3.63) is 36.9 Å². The summed E-state index contributed by atoms with van der Waals surface area (Å²) >= 11 is 0. The first-order valence-electron chi connectivity index (χ1n) is 4.98. The van der Waals surface area contributed by atoms with E-state index in [2.05, 4.69) is 23.5 Å². The molecule has 90 valence electrons. The zero-order valence-electron chi connectivity index (χ0n) is 9.64. The maximum atomic E-state index is 11.6. The van der Waals surface area contributed by atoms with E-state index in [1.54, 1.807) is 18.2 Å². The fourth-order valence-electron chi connectivity index (χ4n) is 1.14. The molecule has 0 aliphatic heterocycles. The van der Waals surface area contributed by atoms with Crippen LogP contribution in [0.2, 0.25) is 0 Å². The van der Waals surface area contributed by atoms with Crippen molar-refractivity contribution in [2.45, 2.75) is 6.04 Å². The number of carbonyl (C=O) groups is 1. The number of methoxy groups -OCH3 is 1. The van der Waals surface area contributed by atoms with Gasteiger partial charge in [-0.2, -0.15) is 4.98 Å². The normalized spacial score (nSPS) is 11.4. The smallest absolute Gasteiger partial charge is 0.246 e. The van der Waals surface area contributed by atoms with Gasteiger partial charge in [0, 0.05) is 11.6 Å². The van der Waals surface area contributed by atoms with E-state index >= 15 is 0 Å². The second-order valence-corrected chi connectivity index (χ2v) is 3.25. The predicted octanol–water partition coefficient (Wildman–Crippen LogP) is 1.19. The molecule has 3 N–H and O–H groups in total. The molecule has 0 aliphatic rings. The van der Waals surface area contributed by atoms with Crippen molar-refractivity contribution < 1.29 is 9.53 Å². The van der Waals surface area contributed by atoms with E-state index < -0.39 is 6.04 Å². The van der Waals surface area contributed by atoms with Crippen molar-refractivity contribution >= 4 is 17.8 Å². The molecule has 0 saturated heterocycles. The molecule has 0 saturated carbocycles. The van der Waals surface area contributed by atoms with Crippen molar-refractivity contribution in [1.29, 1.82) is 0 Å². The van der Waals surface area contributed by atoms with Gasteiger partial charge in [-0.15, -0.1) is 6.58 Å². The Morgan fingerprint density at radius 1 is 1.59 bits per heavy atom. The summed E-state index contributed by atoms with van der Waals surface area (Å²) in [5.41, 5.74) is 6.20. The van der Waals surface area contributed by atoms with E-state index in [0.29, 0.717) is 17.3 Å². The average Bonchev–Trinajstić information content (AvgIpc) is 2.37. The molecule has 1 atom stereocenters. The van der Waals surface area contributed by atoms with Gasteiger partial charge in [0.05, 0.1) is 7.11 Å². The molecule has 0 bridgehead atoms. The number of anilines is 1. The Morgan fingerprint density at radius 3 is 2.82 bits per heavy atom. The Morgan fingerprint density at radius 2 is 2.29 bits per heavy atom. The molecule has 0 radical (unpaired) electrons. The summed E-state index contributed by atoms with van der Waals surface area (Å²) in [6.07, 6.45) is 2.94. The maximum absolute atomic E-state index is 11.6. The third-order valence-corrected chi connectivity index (χ3v) is 2.13. The van der Waals surface area contributed by atoms with Crippen LogP contribution in [0.15, 0.2) is 31.4 Å². The van der Waals surface area contributed by atoms with Gasteiger partial charge in [0.25, 0.3) is 0 Å². The average molecular weight is 233 g/mol. The van der Waals surface area contributed by atoms with Crippen molar-refractivity contribution in [1.82, 2.24) is 4.98 Å². The third-order valence-electron chi connectivity index (χ3n) is 2.13. The van der Waals surface area contributed by atoms with Gasteiger partial charge in [-0.3, -0.25) is 4.79 Å². The summed E-state index contributed by atoms with van der Waals surface area (Å²) in [5, 5.41) is 2.59. The highest BCUT2D eigenvalue weighted by atomic mass is 16.5. The van der Waals surface area contributed by atoms with Crippen LogP contribution < -0.4 is 15.8 Å². The van der Waals surface area contributed by atoms with Gasteiger partial charge in [0.15, 0.2) is 0 Å². The molecule has 0 unspecified atom stereocenters. The molecule has 0 fully saturated rings. The highest BCUT2D eigenvalue weighted by Gasteiger charge is 2.12. The number of rotatable bonds is 5. The lowest BCUT2D eigenvalue weighted by Gasteiger charge is -2.11. The highest BCUT2D eigenvalue weighted by molar-refractivity contribution is 5.96. The first-order valence-corrected chi connectivity index (χ1v) is 4.98. The summed E-state index contributed by atoms with van der Waals surface area (Å²) in [7, 11) is 1.50. The van der Waals surface area contributed by atoms with E-state index in [0.717, 1.165) is 0 Å². The van der Waals surface area contributed by atoms with E-state index in [9.17, 15) is 4.79 Å². The zero-order valence-corrected chi connectivity index (χ0v) is 9.64. The van der Waals surface area contributed by atoms with Crippen LogP contribution in [0.3, 0.4) is 0 Å². The molecule has 17 heavy (non-hydrogen) atoms. The van der Waals surface area contributed by atoms with E-state index in [-0.39, 0.29) is 5.91 Å². The van der Waals surface area contributed by atoms with Crippen LogP contribution in [0, 0.1) is 0 Å². The molecule has 1 amide bonds. The lowest BCUT2D eigenvalue weighted by molar-refractivity contribution is -0.116. The number of nitrogens with one attached hydrogen (secondary N) is 1. The molecular formula is C12H15N3O2. The number of hydrogen-bond donors (Lipinski definition) is 2. The molecule has 1 aromatic heterocycles. The molecule has 5 nitrogen and oxygen atoms in total. The molecule has 5 heteroatoms. The van der Waals surface area contributed by atoms with Gasteiger partial charge in [-0.1, -0.05) is 18.7 Å². The summed E-state index contributed by atoms with van der Waals surface area (Å²) in [5.74, 6) is 0.378. The number of pyridine rings is 1. The maximum Gasteiger partial charge on any atom is 0.246 e. The molecule has 0 spiro atoms. The summed E-state index contributed by atoms with van der Waals surface area (Å²) in [6, 6.07) is 2.65. The molecular weight excluding hydrogens is 218 g/mol. The standard InChI is InChI=1S/C12H15N3O2/c1-4-8-6-7-10(17-3)14-11(8)15-12(16)9(13)5-2/h4-7,9H,1-2,13H2,3H3,(H,14,15,16)/t9-/m0/s1. The second kappa shape index (κ2) is 5.81. The van der Waals surface area contributed by atoms with Crippen LogP contribution in [0.5, 0.6) is 5.88 Å². The van der Waals surface area contributed by atoms with Crippen molar-refractivity contribution in [3.63, 3.8) is 0 Å². The Balaban J connectivity index is 2.98. The monoisotopic (exact) mass is 233 g/mol. The van der Waals surface area contributed by atoms with Crippen LogP contribution in [0.1, 0.15) is 5.56 Å². The molecule has 0 aliphatic carbocycles. The minimum absolute atomic E-state index is 0.363. The highest BCUT2D eigenvalue weighted by Crippen LogP contribution is 2.18. The van der Waals surface area contributed by atoms with Crippen molar-refractivity contribution in [2.75, 3.05) is 12.4 Å². The van der Waals surface area contributed by atoms with E-state index in [4.69, 9.17) is 10.5 Å². The fraction of sp³-hybridized carbons (Fsp3) is 0.167. The van der Waals surface area contributed by atoms with Crippen LogP contribution in [0.25, 0.3) is 6.08 Å². The number of nitrogens with two attached hydrogens (primary N) is 1. The van der Waals surface area contributed by atoms with Crippen LogP contribution in [-0.2, 0) is 4.79 Å². The number of carbonyl (C=O) groups excluding carboxylic acids is 1. The molecule has 1 aromatic rings. The third kappa shape index (κ3) is 3.15. The molecule has 0 aromatic carbocycles. The van der Waals surface area contributed by atoms with E-state index in [1.165, 1.54) is 13.2 Å². The number of amides is 1. The predicted molar refractivity (Wildman–Crippen MR) is 67.7 cm³/mol. The van der Waals surface area contributed by atoms with Crippen molar-refractivity contribution in [3.8, 4) is 5.88 Å². The topological polar surface area (TPSA) is 77.2 Å². The van der Waals surface area contributed by atoms with E-state index in [1.807, 2.05) is 0 Å². The fourth-order valence-corrected chi connectivity index (χ4v) is 1.14. The first-order chi connectivity index (χ1) is 8.12. The number of hydrogen-bond acceptors (Lipinski definition) is 4. The van der Waals surface area contributed by atoms with Gasteiger partial charge < -0.3 is 15.8 Å². The Hall–Kier alpha value is -2.14. The summed E-state index contributed by atoms with van der Waals surface area (Å²) in [4.78, 5) is 15.7. The van der Waals surface area contributed by atoms with Crippen molar-refractivity contribution in [2.24, 2.45) is 5.73 Å². The lowest BCUT2D eigenvalue weighted by atomic mass is 10.2. The molecule has 1 rings (SSSR count). The number of aromatic nitrogens is 1. The minimum atomic E-state index is -0.777. The molecule has 1 heterocycles. The van der Waals surface area contributed by atoms with Crippen LogP contribution in [0.4, 0.5) is 5.82 Å². The zero-order chi connectivity index (χ0) is 12.8. The van der Waals surface area contributed by atoms with Gasteiger partial charge in [-0.25, -0.2) is 0 Å². The number of nitrogens with zero attached hydrogens (tertiary/aromatic N) is 1. The van der Waals surface area contributed by atoms with Gasteiger partial charge in [0.2, 0.25) is 11.8 Å². The van der Waals surface area contributed by atoms with Crippen LogP contribution in [-0.4, -0.2) is 24.0 Å². The summed E-state index contributed by atoms with van der Waals surface area (Å²) in [6.45, 7) is 7.08. The Kier molecular flexibility index (Phi) is 4.42. The Bertz CT molecular complexity index is 443. The SMILES string of the molecule is C=Cc1ccc(OC)nc1NC(=O)[C@@H](N)C=C. The van der Waals surface area contributed by atoms with Crippen LogP contribution >= 0.6 is 0 Å². The van der Waals surface area contributed by atoms with Gasteiger partial charge >= 0.3 is 0 Å². The number of ether oxygens (including phenoxy) is 1. The van der Waals surface area contributed by atoms with Gasteiger partial charge in [-0.05, 0) is 6.07 Å². The summed E-state index contributed by atoms with van der Waals surface area (Å²) < 4.78 is 4.97.